The fourth-order valence-electron chi connectivity index (χ4n) is 3.47. The Hall–Kier alpha value is -3.11. The molecule has 10 heteroatoms. The number of hydrogen-bond donors (Lipinski definition) is 1. The molecule has 0 radical (unpaired) electrons. The molecule has 1 saturated heterocycles. The van der Waals surface area contributed by atoms with E-state index in [2.05, 4.69) is 15.5 Å². The summed E-state index contributed by atoms with van der Waals surface area (Å²) in [5.41, 5.74) is 0.803. The van der Waals surface area contributed by atoms with Gasteiger partial charge in [-0.15, -0.1) is 0 Å². The summed E-state index contributed by atoms with van der Waals surface area (Å²) in [6.45, 7) is 0.429. The lowest BCUT2D eigenvalue weighted by atomic mass is 9.99. The largest absolute Gasteiger partial charge is 0.347 e. The molecule has 1 atom stereocenters. The molecular formula is C21H21FN4O4S. The van der Waals surface area contributed by atoms with Crippen molar-refractivity contribution < 1.29 is 22.1 Å². The molecule has 162 valence electrons. The molecule has 1 aromatic heterocycles. The van der Waals surface area contributed by atoms with Crippen LogP contribution >= 0.6 is 0 Å². The van der Waals surface area contributed by atoms with Gasteiger partial charge in [0.05, 0.1) is 17.4 Å². The highest BCUT2D eigenvalue weighted by Gasteiger charge is 2.33. The number of aromatic nitrogens is 2. The van der Waals surface area contributed by atoms with E-state index in [0.29, 0.717) is 25.2 Å². The lowest BCUT2D eigenvalue weighted by Crippen LogP contribution is -2.45. The summed E-state index contributed by atoms with van der Waals surface area (Å²) in [4.78, 5) is 16.9. The Balaban J connectivity index is 1.37. The van der Waals surface area contributed by atoms with Crippen molar-refractivity contribution >= 4 is 15.9 Å². The molecule has 4 rings (SSSR count). The Labute approximate surface area is 179 Å². The molecule has 31 heavy (non-hydrogen) atoms. The van der Waals surface area contributed by atoms with Gasteiger partial charge >= 0.3 is 0 Å². The first-order valence-corrected chi connectivity index (χ1v) is 11.3. The minimum atomic E-state index is -3.79. The Morgan fingerprint density at radius 1 is 1.16 bits per heavy atom. The van der Waals surface area contributed by atoms with Gasteiger partial charge in [0, 0.05) is 18.7 Å². The van der Waals surface area contributed by atoms with Gasteiger partial charge in [0.15, 0.2) is 0 Å². The zero-order valence-corrected chi connectivity index (χ0v) is 17.4. The lowest BCUT2D eigenvalue weighted by molar-refractivity contribution is -0.126. The van der Waals surface area contributed by atoms with Crippen molar-refractivity contribution in [3.63, 3.8) is 0 Å². The Bertz CT molecular complexity index is 1150. The van der Waals surface area contributed by atoms with Gasteiger partial charge < -0.3 is 9.84 Å². The van der Waals surface area contributed by atoms with Crippen LogP contribution in [0.25, 0.3) is 11.4 Å². The molecular weight excluding hydrogens is 423 g/mol. The minimum Gasteiger partial charge on any atom is -0.347 e. The number of rotatable bonds is 6. The fourth-order valence-corrected chi connectivity index (χ4v) is 4.99. The van der Waals surface area contributed by atoms with Crippen LogP contribution in [0.3, 0.4) is 0 Å². The third-order valence-electron chi connectivity index (χ3n) is 5.12. The number of nitrogens with one attached hydrogen (secondary N) is 1. The molecule has 1 amide bonds. The topological polar surface area (TPSA) is 105 Å². The predicted molar refractivity (Wildman–Crippen MR) is 109 cm³/mol. The molecule has 3 aromatic rings. The Morgan fingerprint density at radius 2 is 1.90 bits per heavy atom. The summed E-state index contributed by atoms with van der Waals surface area (Å²) in [6.07, 6.45) is 1.12. The van der Waals surface area contributed by atoms with Crippen molar-refractivity contribution in [2.24, 2.45) is 5.92 Å². The predicted octanol–water partition coefficient (Wildman–Crippen LogP) is 2.59. The first-order valence-electron chi connectivity index (χ1n) is 9.85. The van der Waals surface area contributed by atoms with Crippen LogP contribution in [0.5, 0.6) is 0 Å². The second kappa shape index (κ2) is 8.94. The lowest BCUT2D eigenvalue weighted by Gasteiger charge is -2.31. The van der Waals surface area contributed by atoms with Crippen molar-refractivity contribution in [1.29, 1.82) is 0 Å². The van der Waals surface area contributed by atoms with Crippen LogP contribution < -0.4 is 5.32 Å². The molecule has 2 aromatic carbocycles. The average molecular weight is 444 g/mol. The highest BCUT2D eigenvalue weighted by molar-refractivity contribution is 7.89. The minimum absolute atomic E-state index is 0.00857. The number of sulfonamides is 1. The molecule has 1 fully saturated rings. The standard InChI is InChI=1S/C21H21FN4O4S/c22-17-8-10-18(11-9-17)31(28,29)26-12-4-7-16(14-26)21(27)23-13-19-24-20(25-30-19)15-5-2-1-3-6-15/h1-3,5-6,8-11,16H,4,7,12-14H2,(H,23,27). The summed E-state index contributed by atoms with van der Waals surface area (Å²) in [5.74, 6) is -0.594. The van der Waals surface area contributed by atoms with Gasteiger partial charge in [-0.2, -0.15) is 9.29 Å². The highest BCUT2D eigenvalue weighted by Crippen LogP contribution is 2.24. The number of nitrogens with zero attached hydrogens (tertiary/aromatic N) is 3. The van der Waals surface area contributed by atoms with Gasteiger partial charge in [0.25, 0.3) is 0 Å². The third kappa shape index (κ3) is 4.80. The highest BCUT2D eigenvalue weighted by atomic mass is 32.2. The van der Waals surface area contributed by atoms with Crippen molar-refractivity contribution in [2.45, 2.75) is 24.3 Å². The normalized spacial score (nSPS) is 17.4. The van der Waals surface area contributed by atoms with Gasteiger partial charge in [0.2, 0.25) is 27.6 Å². The van der Waals surface area contributed by atoms with E-state index in [1.165, 1.54) is 16.4 Å². The molecule has 0 aliphatic carbocycles. The Morgan fingerprint density at radius 3 is 2.65 bits per heavy atom. The maximum Gasteiger partial charge on any atom is 0.246 e. The first kappa shape index (κ1) is 21.1. The van der Waals surface area contributed by atoms with Gasteiger partial charge in [-0.3, -0.25) is 4.79 Å². The number of amides is 1. The summed E-state index contributed by atoms with van der Waals surface area (Å²) in [7, 11) is -3.79. The zero-order valence-electron chi connectivity index (χ0n) is 16.6. The van der Waals surface area contributed by atoms with Gasteiger partial charge in [0.1, 0.15) is 5.82 Å². The molecule has 2 heterocycles. The molecule has 0 bridgehead atoms. The first-order chi connectivity index (χ1) is 14.9. The van der Waals surface area contributed by atoms with Crippen LogP contribution in [0.2, 0.25) is 0 Å². The van der Waals surface area contributed by atoms with E-state index in [-0.39, 0.29) is 29.8 Å². The van der Waals surface area contributed by atoms with E-state index in [4.69, 9.17) is 4.52 Å². The van der Waals surface area contributed by atoms with Gasteiger partial charge in [-0.05, 0) is 37.1 Å². The van der Waals surface area contributed by atoms with E-state index in [1.54, 1.807) is 0 Å². The van der Waals surface area contributed by atoms with Gasteiger partial charge in [-0.25, -0.2) is 12.8 Å². The van der Waals surface area contributed by atoms with E-state index < -0.39 is 21.8 Å². The van der Waals surface area contributed by atoms with E-state index in [0.717, 1.165) is 17.7 Å². The summed E-state index contributed by atoms with van der Waals surface area (Å²) >= 11 is 0. The fraction of sp³-hybridized carbons (Fsp3) is 0.286. The molecule has 1 N–H and O–H groups in total. The SMILES string of the molecule is O=C(NCc1nc(-c2ccccc2)no1)C1CCCN(S(=O)(=O)c2ccc(F)cc2)C1. The quantitative estimate of drug-likeness (QED) is 0.627. The summed E-state index contributed by atoms with van der Waals surface area (Å²) in [6, 6.07) is 14.0. The van der Waals surface area contributed by atoms with Crippen molar-refractivity contribution in [3.8, 4) is 11.4 Å². The van der Waals surface area contributed by atoms with E-state index >= 15 is 0 Å². The summed E-state index contributed by atoms with van der Waals surface area (Å²) in [5, 5.41) is 6.66. The molecule has 1 aliphatic heterocycles. The number of piperidine rings is 1. The number of halogens is 1. The second-order valence-electron chi connectivity index (χ2n) is 7.25. The van der Waals surface area contributed by atoms with Crippen molar-refractivity contribution in [1.82, 2.24) is 19.8 Å². The van der Waals surface area contributed by atoms with Crippen LogP contribution in [0, 0.1) is 11.7 Å². The zero-order chi connectivity index (χ0) is 21.8. The number of benzene rings is 2. The number of carbonyl (C=O) groups excluding carboxylic acids is 1. The monoisotopic (exact) mass is 444 g/mol. The van der Waals surface area contributed by atoms with Crippen LogP contribution in [-0.2, 0) is 21.4 Å². The molecule has 1 aliphatic rings. The molecule has 0 spiro atoms. The van der Waals surface area contributed by atoms with Crippen LogP contribution in [0.15, 0.2) is 64.0 Å². The number of carbonyl (C=O) groups is 1. The maximum absolute atomic E-state index is 13.1. The third-order valence-corrected chi connectivity index (χ3v) is 7.00. The second-order valence-corrected chi connectivity index (χ2v) is 9.19. The van der Waals surface area contributed by atoms with Crippen molar-refractivity contribution in [2.75, 3.05) is 13.1 Å². The van der Waals surface area contributed by atoms with Crippen LogP contribution in [0.1, 0.15) is 18.7 Å². The number of hydrogen-bond acceptors (Lipinski definition) is 6. The average Bonchev–Trinajstić information content (AvgIpc) is 3.27. The van der Waals surface area contributed by atoms with Crippen LogP contribution in [-0.4, -0.2) is 41.9 Å². The van der Waals surface area contributed by atoms with E-state index in [9.17, 15) is 17.6 Å². The molecule has 1 unspecified atom stereocenters. The van der Waals surface area contributed by atoms with Crippen molar-refractivity contribution in [3.05, 3.63) is 66.3 Å². The van der Waals surface area contributed by atoms with E-state index in [1.807, 2.05) is 30.3 Å². The maximum atomic E-state index is 13.1. The molecule has 0 saturated carbocycles. The molecule has 8 nitrogen and oxygen atoms in total. The van der Waals surface area contributed by atoms with Crippen LogP contribution in [0.4, 0.5) is 4.39 Å². The summed E-state index contributed by atoms with van der Waals surface area (Å²) < 4.78 is 45.2. The van der Waals surface area contributed by atoms with Gasteiger partial charge in [-0.1, -0.05) is 35.5 Å². The Kier molecular flexibility index (Phi) is 6.10. The smallest absolute Gasteiger partial charge is 0.246 e.